The zero-order valence-corrected chi connectivity index (χ0v) is 19.2. The zero-order chi connectivity index (χ0) is 22.6. The Morgan fingerprint density at radius 2 is 1.69 bits per heavy atom. The van der Waals surface area contributed by atoms with Crippen molar-refractivity contribution in [2.24, 2.45) is 0 Å². The first-order valence-corrected chi connectivity index (χ1v) is 11.3. The molecule has 0 fully saturated rings. The molecular formula is C28H32N2O2. The van der Waals surface area contributed by atoms with Crippen LogP contribution in [0.2, 0.25) is 0 Å². The van der Waals surface area contributed by atoms with E-state index in [-0.39, 0.29) is 11.3 Å². The van der Waals surface area contributed by atoms with Crippen LogP contribution in [0.4, 0.5) is 5.69 Å². The lowest BCUT2D eigenvalue weighted by molar-refractivity contribution is 0.0947. The Balaban J connectivity index is 1.23. The number of hydrogen-bond acceptors (Lipinski definition) is 3. The number of carbonyl (C=O) groups excluding carboxylic acids is 1. The predicted octanol–water partition coefficient (Wildman–Crippen LogP) is 5.36. The minimum atomic E-state index is -0.0743. The Kier molecular flexibility index (Phi) is 6.50. The molecule has 166 valence electrons. The van der Waals surface area contributed by atoms with Crippen LogP contribution >= 0.6 is 0 Å². The van der Waals surface area contributed by atoms with Gasteiger partial charge in [-0.3, -0.25) is 4.79 Å². The highest BCUT2D eigenvalue weighted by molar-refractivity contribution is 5.94. The largest absolute Gasteiger partial charge is 0.492 e. The third kappa shape index (κ3) is 5.31. The van der Waals surface area contributed by atoms with Crippen molar-refractivity contribution in [1.82, 2.24) is 5.32 Å². The van der Waals surface area contributed by atoms with E-state index in [0.717, 1.165) is 25.3 Å². The van der Waals surface area contributed by atoms with Crippen molar-refractivity contribution < 1.29 is 9.53 Å². The van der Waals surface area contributed by atoms with Gasteiger partial charge in [-0.1, -0.05) is 63.2 Å². The first-order valence-electron chi connectivity index (χ1n) is 11.3. The molecule has 32 heavy (non-hydrogen) atoms. The van der Waals surface area contributed by atoms with Crippen molar-refractivity contribution >= 4 is 11.6 Å². The maximum atomic E-state index is 12.5. The summed E-state index contributed by atoms with van der Waals surface area (Å²) in [6.45, 7) is 9.38. The highest BCUT2D eigenvalue weighted by atomic mass is 16.5. The summed E-state index contributed by atoms with van der Waals surface area (Å²) in [5.41, 5.74) is 6.01. The summed E-state index contributed by atoms with van der Waals surface area (Å²) in [5, 5.41) is 2.94. The maximum absolute atomic E-state index is 12.5. The Morgan fingerprint density at radius 1 is 0.969 bits per heavy atom. The van der Waals surface area contributed by atoms with Gasteiger partial charge in [0.25, 0.3) is 5.91 Å². The van der Waals surface area contributed by atoms with E-state index in [2.05, 4.69) is 67.4 Å². The first kappa shape index (κ1) is 21.9. The number of ether oxygens (including phenoxy) is 1. The monoisotopic (exact) mass is 428 g/mol. The first-order chi connectivity index (χ1) is 15.4. The average molecular weight is 429 g/mol. The van der Waals surface area contributed by atoms with E-state index < -0.39 is 0 Å². The van der Waals surface area contributed by atoms with E-state index in [9.17, 15) is 4.79 Å². The summed E-state index contributed by atoms with van der Waals surface area (Å²) < 4.78 is 5.76. The number of fused-ring (bicyclic) bond motifs is 1. The van der Waals surface area contributed by atoms with Crippen molar-refractivity contribution in [2.75, 3.05) is 24.6 Å². The van der Waals surface area contributed by atoms with Crippen LogP contribution in [-0.4, -0.2) is 25.6 Å². The number of amides is 1. The lowest BCUT2D eigenvalue weighted by Gasteiger charge is -2.19. The van der Waals surface area contributed by atoms with Crippen LogP contribution in [0, 0.1) is 0 Å². The van der Waals surface area contributed by atoms with Gasteiger partial charge in [-0.2, -0.15) is 0 Å². The summed E-state index contributed by atoms with van der Waals surface area (Å²) in [6, 6.07) is 24.6. The van der Waals surface area contributed by atoms with E-state index in [1.54, 1.807) is 0 Å². The van der Waals surface area contributed by atoms with Crippen molar-refractivity contribution in [2.45, 2.75) is 39.2 Å². The van der Waals surface area contributed by atoms with Crippen molar-refractivity contribution in [3.63, 3.8) is 0 Å². The smallest absolute Gasteiger partial charge is 0.251 e. The molecule has 0 saturated carbocycles. The second-order valence-electron chi connectivity index (χ2n) is 9.38. The standard InChI is InChI=1S/C28H32N2O2/c1-28(2,3)24-12-14-25(15-13-24)32-19-17-29-27(31)23-10-8-21(9-11-23)20-30-18-16-22-6-4-5-7-26(22)30/h4-15H,16-20H2,1-3H3,(H,29,31). The van der Waals surface area contributed by atoms with Gasteiger partial charge in [-0.05, 0) is 58.9 Å². The number of carbonyl (C=O) groups is 1. The molecule has 4 rings (SSSR count). The molecule has 0 aliphatic carbocycles. The molecular weight excluding hydrogens is 396 g/mol. The molecule has 0 bridgehead atoms. The lowest BCUT2D eigenvalue weighted by Crippen LogP contribution is -2.28. The van der Waals surface area contributed by atoms with E-state index in [4.69, 9.17) is 4.74 Å². The van der Waals surface area contributed by atoms with Gasteiger partial charge in [0.15, 0.2) is 0 Å². The molecule has 3 aromatic rings. The van der Waals surface area contributed by atoms with Crippen LogP contribution in [0.5, 0.6) is 5.75 Å². The quantitative estimate of drug-likeness (QED) is 0.516. The normalized spacial score (nSPS) is 13.0. The van der Waals surface area contributed by atoms with Crippen LogP contribution in [0.1, 0.15) is 47.8 Å². The van der Waals surface area contributed by atoms with Gasteiger partial charge in [-0.15, -0.1) is 0 Å². The number of nitrogens with zero attached hydrogens (tertiary/aromatic N) is 1. The third-order valence-electron chi connectivity index (χ3n) is 5.95. The summed E-state index contributed by atoms with van der Waals surface area (Å²) >= 11 is 0. The second kappa shape index (κ2) is 9.47. The topological polar surface area (TPSA) is 41.6 Å². The number of para-hydroxylation sites is 1. The van der Waals surface area contributed by atoms with Gasteiger partial charge in [0, 0.05) is 24.3 Å². The molecule has 1 amide bonds. The molecule has 0 unspecified atom stereocenters. The number of anilines is 1. The summed E-state index contributed by atoms with van der Waals surface area (Å²) in [4.78, 5) is 14.9. The highest BCUT2D eigenvalue weighted by Crippen LogP contribution is 2.29. The van der Waals surface area contributed by atoms with Gasteiger partial charge in [0.1, 0.15) is 12.4 Å². The molecule has 0 saturated heterocycles. The van der Waals surface area contributed by atoms with E-state index in [1.165, 1.54) is 22.4 Å². The van der Waals surface area contributed by atoms with Crippen LogP contribution in [0.3, 0.4) is 0 Å². The van der Waals surface area contributed by atoms with Crippen molar-refractivity contribution in [3.8, 4) is 5.75 Å². The van der Waals surface area contributed by atoms with Gasteiger partial charge >= 0.3 is 0 Å². The van der Waals surface area contributed by atoms with E-state index in [0.29, 0.717) is 18.7 Å². The summed E-state index contributed by atoms with van der Waals surface area (Å²) in [6.07, 6.45) is 1.10. The number of nitrogens with one attached hydrogen (secondary N) is 1. The zero-order valence-electron chi connectivity index (χ0n) is 19.2. The maximum Gasteiger partial charge on any atom is 0.251 e. The van der Waals surface area contributed by atoms with Crippen LogP contribution in [0.25, 0.3) is 0 Å². The molecule has 4 nitrogen and oxygen atoms in total. The fourth-order valence-corrected chi connectivity index (χ4v) is 4.04. The molecule has 1 aliphatic heterocycles. The van der Waals surface area contributed by atoms with Gasteiger partial charge in [0.05, 0.1) is 6.54 Å². The molecule has 3 aromatic carbocycles. The van der Waals surface area contributed by atoms with Crippen LogP contribution in [-0.2, 0) is 18.4 Å². The molecule has 1 aliphatic rings. The molecule has 4 heteroatoms. The number of benzene rings is 3. The minimum absolute atomic E-state index is 0.0743. The molecule has 0 aromatic heterocycles. The molecule has 0 atom stereocenters. The Morgan fingerprint density at radius 3 is 2.41 bits per heavy atom. The SMILES string of the molecule is CC(C)(C)c1ccc(OCCNC(=O)c2ccc(CN3CCc4ccccc43)cc2)cc1. The summed E-state index contributed by atoms with van der Waals surface area (Å²) in [7, 11) is 0. The predicted molar refractivity (Wildman–Crippen MR) is 131 cm³/mol. The van der Waals surface area contributed by atoms with Crippen LogP contribution in [0.15, 0.2) is 72.8 Å². The van der Waals surface area contributed by atoms with Gasteiger partial charge in [0.2, 0.25) is 0 Å². The fourth-order valence-electron chi connectivity index (χ4n) is 4.04. The second-order valence-corrected chi connectivity index (χ2v) is 9.38. The average Bonchev–Trinajstić information content (AvgIpc) is 3.20. The van der Waals surface area contributed by atoms with Crippen molar-refractivity contribution in [3.05, 3.63) is 95.1 Å². The fraction of sp³-hybridized carbons (Fsp3) is 0.321. The molecule has 0 radical (unpaired) electrons. The molecule has 0 spiro atoms. The minimum Gasteiger partial charge on any atom is -0.492 e. The lowest BCUT2D eigenvalue weighted by atomic mass is 9.87. The van der Waals surface area contributed by atoms with Crippen molar-refractivity contribution in [1.29, 1.82) is 0 Å². The molecule has 1 heterocycles. The number of rotatable bonds is 7. The van der Waals surface area contributed by atoms with E-state index in [1.807, 2.05) is 36.4 Å². The number of hydrogen-bond donors (Lipinski definition) is 1. The Bertz CT molecular complexity index is 1050. The van der Waals surface area contributed by atoms with E-state index >= 15 is 0 Å². The van der Waals surface area contributed by atoms with Gasteiger partial charge in [-0.25, -0.2) is 0 Å². The third-order valence-corrected chi connectivity index (χ3v) is 5.95. The summed E-state index contributed by atoms with van der Waals surface area (Å²) in [5.74, 6) is 0.745. The molecule has 1 N–H and O–H groups in total. The Hall–Kier alpha value is -3.27. The Labute approximate surface area is 191 Å². The van der Waals surface area contributed by atoms with Crippen LogP contribution < -0.4 is 15.0 Å². The van der Waals surface area contributed by atoms with Gasteiger partial charge < -0.3 is 15.0 Å². The highest BCUT2D eigenvalue weighted by Gasteiger charge is 2.18.